The second kappa shape index (κ2) is 9.54. The predicted octanol–water partition coefficient (Wildman–Crippen LogP) is 2.35. The van der Waals surface area contributed by atoms with Crippen LogP contribution in [0.5, 0.6) is 0 Å². The number of morpholine rings is 1. The molecule has 2 aliphatic rings. The lowest BCUT2D eigenvalue weighted by molar-refractivity contribution is -0.115. The van der Waals surface area contributed by atoms with Crippen LogP contribution in [0.15, 0.2) is 28.6 Å². The van der Waals surface area contributed by atoms with Gasteiger partial charge in [0.05, 0.1) is 37.3 Å². The highest BCUT2D eigenvalue weighted by Crippen LogP contribution is 2.40. The van der Waals surface area contributed by atoms with Gasteiger partial charge < -0.3 is 25.0 Å². The van der Waals surface area contributed by atoms with Crippen LogP contribution in [0, 0.1) is 0 Å². The number of hydrogen-bond donors (Lipinski definition) is 3. The fraction of sp³-hybridized carbons (Fsp3) is 0.368. The normalized spacial score (nSPS) is 17.5. The van der Waals surface area contributed by atoms with Crippen molar-refractivity contribution in [2.75, 3.05) is 48.4 Å². The van der Waals surface area contributed by atoms with Gasteiger partial charge in [-0.3, -0.25) is 14.9 Å². The molecular formula is C19H21N5O5S2. The van der Waals surface area contributed by atoms with Crippen LogP contribution in [-0.4, -0.2) is 61.2 Å². The summed E-state index contributed by atoms with van der Waals surface area (Å²) in [4.78, 5) is 44.2. The minimum atomic E-state index is -0.831. The van der Waals surface area contributed by atoms with E-state index in [1.807, 2.05) is 6.07 Å². The molecule has 164 valence electrons. The number of amides is 3. The number of nitrogens with one attached hydrogen (secondary N) is 3. The molecule has 0 aliphatic carbocycles. The lowest BCUT2D eigenvalue weighted by atomic mass is 10.3. The molecule has 0 radical (unpaired) electrons. The predicted molar refractivity (Wildman–Crippen MR) is 118 cm³/mol. The third kappa shape index (κ3) is 4.92. The molecule has 2 aliphatic heterocycles. The Hall–Kier alpha value is -2.83. The van der Waals surface area contributed by atoms with Crippen LogP contribution in [-0.2, 0) is 14.3 Å². The number of ether oxygens (including phenoxy) is 2. The number of alkyl carbamates (subject to hydrolysis) is 1. The smallest absolute Gasteiger partial charge is 0.414 e. The highest BCUT2D eigenvalue weighted by molar-refractivity contribution is 8.01. The fourth-order valence-corrected chi connectivity index (χ4v) is 4.91. The molecule has 0 aromatic carbocycles. The Kier molecular flexibility index (Phi) is 6.59. The molecule has 12 heteroatoms. The van der Waals surface area contributed by atoms with E-state index in [9.17, 15) is 14.4 Å². The number of carbonyl (C=O) groups is 3. The minimum Gasteiger partial charge on any atom is -0.450 e. The first-order valence-electron chi connectivity index (χ1n) is 9.67. The van der Waals surface area contributed by atoms with Gasteiger partial charge >= 0.3 is 6.09 Å². The standard InChI is InChI=1S/C19H21N5O5S2/c1-2-29-19(27)23-15(25)11-3-8-30-17(11)22-16(26)18-21-12-10-20-14(9-13(12)31-18)24-4-6-28-7-5-24/h3,8-10,18,21H,2,4-7H2,1H3,(H,22,26)(H,23,25,27). The number of carbonyl (C=O) groups excluding carboxylic acids is 3. The van der Waals surface area contributed by atoms with Crippen molar-refractivity contribution in [2.24, 2.45) is 0 Å². The molecule has 1 unspecified atom stereocenters. The molecule has 4 heterocycles. The molecule has 0 bridgehead atoms. The summed E-state index contributed by atoms with van der Waals surface area (Å²) < 4.78 is 10.1. The van der Waals surface area contributed by atoms with E-state index in [-0.39, 0.29) is 18.1 Å². The molecule has 31 heavy (non-hydrogen) atoms. The highest BCUT2D eigenvalue weighted by atomic mass is 32.2. The average molecular weight is 464 g/mol. The number of thioether (sulfide) groups is 1. The van der Waals surface area contributed by atoms with E-state index in [0.29, 0.717) is 18.2 Å². The van der Waals surface area contributed by atoms with Crippen LogP contribution in [0.2, 0.25) is 0 Å². The average Bonchev–Trinajstić information content (AvgIpc) is 3.40. The molecular weight excluding hydrogens is 442 g/mol. The number of pyridine rings is 1. The minimum absolute atomic E-state index is 0.152. The van der Waals surface area contributed by atoms with E-state index in [2.05, 4.69) is 25.8 Å². The van der Waals surface area contributed by atoms with Gasteiger partial charge in [0, 0.05) is 18.0 Å². The zero-order valence-corrected chi connectivity index (χ0v) is 18.3. The number of imide groups is 1. The van der Waals surface area contributed by atoms with Crippen LogP contribution in [0.4, 0.5) is 21.3 Å². The van der Waals surface area contributed by atoms with Crippen molar-refractivity contribution in [3.8, 4) is 0 Å². The lowest BCUT2D eigenvalue weighted by Crippen LogP contribution is -2.36. The first-order valence-corrected chi connectivity index (χ1v) is 11.4. The molecule has 1 saturated heterocycles. The van der Waals surface area contributed by atoms with Crippen LogP contribution < -0.4 is 20.9 Å². The summed E-state index contributed by atoms with van der Waals surface area (Å²) in [5, 5.41) is 9.50. The van der Waals surface area contributed by atoms with E-state index in [1.165, 1.54) is 29.2 Å². The van der Waals surface area contributed by atoms with E-state index in [4.69, 9.17) is 9.47 Å². The Morgan fingerprint density at radius 3 is 2.94 bits per heavy atom. The van der Waals surface area contributed by atoms with Crippen LogP contribution >= 0.6 is 23.1 Å². The van der Waals surface area contributed by atoms with Crippen LogP contribution in [0.1, 0.15) is 17.3 Å². The molecule has 1 atom stereocenters. The van der Waals surface area contributed by atoms with Gasteiger partial charge in [0.1, 0.15) is 10.8 Å². The quantitative estimate of drug-likeness (QED) is 0.613. The summed E-state index contributed by atoms with van der Waals surface area (Å²) in [5.74, 6) is -0.0833. The van der Waals surface area contributed by atoms with Gasteiger partial charge in [0.2, 0.25) is 0 Å². The molecule has 3 amide bonds. The maximum Gasteiger partial charge on any atom is 0.414 e. The monoisotopic (exact) mass is 463 g/mol. The zero-order chi connectivity index (χ0) is 21.8. The molecule has 0 saturated carbocycles. The number of rotatable bonds is 5. The van der Waals surface area contributed by atoms with Crippen molar-refractivity contribution >= 4 is 57.5 Å². The number of nitrogens with zero attached hydrogens (tertiary/aromatic N) is 2. The van der Waals surface area contributed by atoms with Gasteiger partial charge in [-0.15, -0.1) is 11.3 Å². The maximum absolute atomic E-state index is 12.8. The van der Waals surface area contributed by atoms with Crippen LogP contribution in [0.3, 0.4) is 0 Å². The number of aromatic nitrogens is 1. The summed E-state index contributed by atoms with van der Waals surface area (Å²) in [6, 6.07) is 3.51. The second-order valence-electron chi connectivity index (χ2n) is 6.61. The Balaban J connectivity index is 1.39. The largest absolute Gasteiger partial charge is 0.450 e. The van der Waals surface area contributed by atoms with E-state index in [1.54, 1.807) is 18.5 Å². The summed E-state index contributed by atoms with van der Waals surface area (Å²) >= 11 is 2.58. The van der Waals surface area contributed by atoms with Crippen molar-refractivity contribution < 1.29 is 23.9 Å². The molecule has 3 N–H and O–H groups in total. The molecule has 1 fully saturated rings. The van der Waals surface area contributed by atoms with Crippen molar-refractivity contribution in [1.29, 1.82) is 0 Å². The number of hydrogen-bond acceptors (Lipinski definition) is 10. The highest BCUT2D eigenvalue weighted by Gasteiger charge is 2.30. The lowest BCUT2D eigenvalue weighted by Gasteiger charge is -2.27. The summed E-state index contributed by atoms with van der Waals surface area (Å²) in [7, 11) is 0. The van der Waals surface area contributed by atoms with Gasteiger partial charge in [-0.05, 0) is 24.4 Å². The van der Waals surface area contributed by atoms with Gasteiger partial charge in [-0.25, -0.2) is 9.78 Å². The Morgan fingerprint density at radius 2 is 2.16 bits per heavy atom. The number of fused-ring (bicyclic) bond motifs is 1. The zero-order valence-electron chi connectivity index (χ0n) is 16.7. The Bertz CT molecular complexity index is 992. The van der Waals surface area contributed by atoms with E-state index in [0.717, 1.165) is 29.5 Å². The first-order chi connectivity index (χ1) is 15.0. The maximum atomic E-state index is 12.8. The summed E-state index contributed by atoms with van der Waals surface area (Å²) in [6.07, 6.45) is 0.895. The summed E-state index contributed by atoms with van der Waals surface area (Å²) in [5.41, 5.74) is 0.983. The van der Waals surface area contributed by atoms with E-state index < -0.39 is 17.4 Å². The van der Waals surface area contributed by atoms with Crippen molar-refractivity contribution in [2.45, 2.75) is 17.2 Å². The summed E-state index contributed by atoms with van der Waals surface area (Å²) in [6.45, 7) is 4.69. The molecule has 2 aromatic rings. The number of anilines is 3. The number of thiophene rings is 1. The van der Waals surface area contributed by atoms with E-state index >= 15 is 0 Å². The first kappa shape index (κ1) is 21.4. The van der Waals surface area contributed by atoms with Crippen molar-refractivity contribution in [3.63, 3.8) is 0 Å². The van der Waals surface area contributed by atoms with Crippen LogP contribution in [0.25, 0.3) is 0 Å². The molecule has 2 aromatic heterocycles. The fourth-order valence-electron chi connectivity index (χ4n) is 3.10. The van der Waals surface area contributed by atoms with Crippen molar-refractivity contribution in [3.05, 3.63) is 29.3 Å². The van der Waals surface area contributed by atoms with Crippen molar-refractivity contribution in [1.82, 2.24) is 10.3 Å². The van der Waals surface area contributed by atoms with Gasteiger partial charge in [-0.2, -0.15) is 0 Å². The Morgan fingerprint density at radius 1 is 1.35 bits per heavy atom. The molecule has 0 spiro atoms. The SMILES string of the molecule is CCOC(=O)NC(=O)c1ccsc1NC(=O)C1Nc2cnc(N3CCOCC3)cc2S1. The second-order valence-corrected chi connectivity index (χ2v) is 8.67. The third-order valence-corrected chi connectivity index (χ3v) is 6.58. The molecule has 10 nitrogen and oxygen atoms in total. The van der Waals surface area contributed by atoms with Gasteiger partial charge in [0.15, 0.2) is 5.37 Å². The van der Waals surface area contributed by atoms with Gasteiger partial charge in [-0.1, -0.05) is 11.8 Å². The van der Waals surface area contributed by atoms with Gasteiger partial charge in [0.25, 0.3) is 11.8 Å². The Labute approximate surface area is 186 Å². The topological polar surface area (TPSA) is 122 Å². The molecule has 4 rings (SSSR count). The third-order valence-electron chi connectivity index (χ3n) is 4.59.